The van der Waals surface area contributed by atoms with Gasteiger partial charge in [0, 0.05) is 6.92 Å². The van der Waals surface area contributed by atoms with Crippen LogP contribution in [0.3, 0.4) is 0 Å². The maximum Gasteiger partial charge on any atom is 0.302 e. The molecule has 0 unspecified atom stereocenters. The molecule has 0 saturated heterocycles. The third kappa shape index (κ3) is 6.08. The van der Waals surface area contributed by atoms with E-state index in [0.717, 1.165) is 0 Å². The van der Waals surface area contributed by atoms with Gasteiger partial charge >= 0.3 is 5.97 Å². The molecule has 0 aliphatic carbocycles. The van der Waals surface area contributed by atoms with Crippen LogP contribution < -0.4 is 0 Å². The van der Waals surface area contributed by atoms with Crippen molar-refractivity contribution in [3.05, 3.63) is 12.2 Å². The molecule has 0 rings (SSSR count). The number of hydrogen-bond acceptors (Lipinski definition) is 3. The molecule has 0 fully saturated rings. The summed E-state index contributed by atoms with van der Waals surface area (Å²) in [6.07, 6.45) is 3.72. The Hall–Kier alpha value is -0.613. The van der Waals surface area contributed by atoms with Crippen molar-refractivity contribution in [2.75, 3.05) is 13.2 Å². The van der Waals surface area contributed by atoms with Gasteiger partial charge in [0.15, 0.2) is 8.32 Å². The summed E-state index contributed by atoms with van der Waals surface area (Å²) in [4.78, 5) is 10.5. The van der Waals surface area contributed by atoms with Gasteiger partial charge < -0.3 is 9.16 Å². The van der Waals surface area contributed by atoms with Gasteiger partial charge in [0.2, 0.25) is 0 Å². The van der Waals surface area contributed by atoms with Gasteiger partial charge in [-0.2, -0.15) is 0 Å². The molecule has 4 heteroatoms. The summed E-state index contributed by atoms with van der Waals surface area (Å²) in [6, 6.07) is 0. The van der Waals surface area contributed by atoms with Crippen molar-refractivity contribution >= 4 is 14.3 Å². The van der Waals surface area contributed by atoms with Crippen LogP contribution in [-0.2, 0) is 14.0 Å². The molecular formula is C12H24O3Si. The van der Waals surface area contributed by atoms with Crippen molar-refractivity contribution in [1.82, 2.24) is 0 Å². The van der Waals surface area contributed by atoms with Gasteiger partial charge in [-0.05, 0) is 24.2 Å². The number of carbonyl (C=O) groups excluding carboxylic acids is 1. The monoisotopic (exact) mass is 244 g/mol. The van der Waals surface area contributed by atoms with Crippen LogP contribution in [0, 0.1) is 0 Å². The minimum absolute atomic E-state index is 0.233. The Morgan fingerprint density at radius 1 is 1.19 bits per heavy atom. The van der Waals surface area contributed by atoms with Crippen molar-refractivity contribution in [2.45, 2.75) is 45.8 Å². The lowest BCUT2D eigenvalue weighted by molar-refractivity contribution is -0.139. The van der Waals surface area contributed by atoms with E-state index in [1.807, 2.05) is 12.2 Å². The van der Waals surface area contributed by atoms with Gasteiger partial charge in [-0.25, -0.2) is 0 Å². The zero-order valence-electron chi connectivity index (χ0n) is 11.3. The first-order valence-electron chi connectivity index (χ1n) is 5.59. The van der Waals surface area contributed by atoms with E-state index in [-0.39, 0.29) is 11.0 Å². The van der Waals surface area contributed by atoms with Gasteiger partial charge in [-0.1, -0.05) is 26.8 Å². The zero-order chi connectivity index (χ0) is 12.8. The number of hydrogen-bond donors (Lipinski definition) is 0. The second-order valence-electron chi connectivity index (χ2n) is 5.35. The molecule has 0 aromatic rings. The quantitative estimate of drug-likeness (QED) is 0.423. The van der Waals surface area contributed by atoms with Crippen molar-refractivity contribution in [2.24, 2.45) is 0 Å². The minimum Gasteiger partial charge on any atom is -0.462 e. The molecule has 0 aliphatic rings. The van der Waals surface area contributed by atoms with Gasteiger partial charge in [0.25, 0.3) is 0 Å². The zero-order valence-corrected chi connectivity index (χ0v) is 12.3. The smallest absolute Gasteiger partial charge is 0.302 e. The Morgan fingerprint density at radius 2 is 1.69 bits per heavy atom. The summed E-state index contributed by atoms with van der Waals surface area (Å²) in [5, 5.41) is 0.233. The minimum atomic E-state index is -1.65. The van der Waals surface area contributed by atoms with Crippen molar-refractivity contribution < 1.29 is 14.0 Å². The van der Waals surface area contributed by atoms with Crippen molar-refractivity contribution in [3.8, 4) is 0 Å². The highest BCUT2D eigenvalue weighted by molar-refractivity contribution is 6.74. The first-order valence-corrected chi connectivity index (χ1v) is 8.50. The van der Waals surface area contributed by atoms with E-state index >= 15 is 0 Å². The SMILES string of the molecule is CC(=O)OC/C=C\CO[Si](C)(C)C(C)(C)C. The maximum absolute atomic E-state index is 10.5. The summed E-state index contributed by atoms with van der Waals surface area (Å²) in [5.74, 6) is -0.255. The molecule has 16 heavy (non-hydrogen) atoms. The topological polar surface area (TPSA) is 35.5 Å². The summed E-state index contributed by atoms with van der Waals surface area (Å²) in [7, 11) is -1.65. The molecule has 0 atom stereocenters. The Morgan fingerprint density at radius 3 is 2.12 bits per heavy atom. The predicted octanol–water partition coefficient (Wildman–Crippen LogP) is 3.13. The first kappa shape index (κ1) is 15.4. The third-order valence-corrected chi connectivity index (χ3v) is 7.40. The van der Waals surface area contributed by atoms with Crippen LogP contribution in [0.15, 0.2) is 12.2 Å². The average molecular weight is 244 g/mol. The van der Waals surface area contributed by atoms with Crippen LogP contribution in [-0.4, -0.2) is 27.5 Å². The maximum atomic E-state index is 10.5. The van der Waals surface area contributed by atoms with Crippen molar-refractivity contribution in [3.63, 3.8) is 0 Å². The van der Waals surface area contributed by atoms with E-state index in [4.69, 9.17) is 9.16 Å². The fraction of sp³-hybridized carbons (Fsp3) is 0.750. The number of ether oxygens (including phenoxy) is 1. The van der Waals surface area contributed by atoms with E-state index < -0.39 is 8.32 Å². The van der Waals surface area contributed by atoms with E-state index in [0.29, 0.717) is 13.2 Å². The van der Waals surface area contributed by atoms with E-state index in [2.05, 4.69) is 33.9 Å². The molecule has 0 N–H and O–H groups in total. The predicted molar refractivity (Wildman–Crippen MR) is 68.9 cm³/mol. The molecule has 0 saturated carbocycles. The molecule has 0 aliphatic heterocycles. The lowest BCUT2D eigenvalue weighted by Crippen LogP contribution is -2.40. The van der Waals surface area contributed by atoms with Crippen LogP contribution in [0.2, 0.25) is 18.1 Å². The molecule has 3 nitrogen and oxygen atoms in total. The standard InChI is InChI=1S/C12H24O3Si/c1-11(13)14-9-7-8-10-15-16(5,6)12(2,3)4/h7-8H,9-10H2,1-6H3/b8-7-. The van der Waals surface area contributed by atoms with Gasteiger partial charge in [0.05, 0.1) is 6.61 Å². The second-order valence-corrected chi connectivity index (χ2v) is 10.2. The van der Waals surface area contributed by atoms with Crippen LogP contribution in [0.4, 0.5) is 0 Å². The molecule has 0 amide bonds. The molecule has 0 aromatic heterocycles. The molecule has 0 heterocycles. The highest BCUT2D eigenvalue weighted by Crippen LogP contribution is 2.36. The number of rotatable bonds is 5. The van der Waals surface area contributed by atoms with Crippen LogP contribution in [0.1, 0.15) is 27.7 Å². The summed E-state index contributed by atoms with van der Waals surface area (Å²) < 4.78 is 10.7. The fourth-order valence-corrected chi connectivity index (χ4v) is 1.72. The van der Waals surface area contributed by atoms with Crippen molar-refractivity contribution in [1.29, 1.82) is 0 Å². The lowest BCUT2D eigenvalue weighted by atomic mass is 10.2. The average Bonchev–Trinajstić information content (AvgIpc) is 2.08. The summed E-state index contributed by atoms with van der Waals surface area (Å²) >= 11 is 0. The van der Waals surface area contributed by atoms with Gasteiger partial charge in [-0.3, -0.25) is 4.79 Å². The van der Waals surface area contributed by atoms with E-state index in [1.165, 1.54) is 6.92 Å². The Labute approximate surface area is 100.0 Å². The van der Waals surface area contributed by atoms with Crippen LogP contribution >= 0.6 is 0 Å². The Bertz CT molecular complexity index is 251. The molecule has 0 bridgehead atoms. The molecule has 94 valence electrons. The van der Waals surface area contributed by atoms with Gasteiger partial charge in [0.1, 0.15) is 6.61 Å². The Balaban J connectivity index is 3.86. The van der Waals surface area contributed by atoms with Gasteiger partial charge in [-0.15, -0.1) is 0 Å². The molecule has 0 aromatic carbocycles. The fourth-order valence-electron chi connectivity index (χ4n) is 0.775. The summed E-state index contributed by atoms with van der Waals surface area (Å²) in [5.41, 5.74) is 0. The van der Waals surface area contributed by atoms with Crippen LogP contribution in [0.5, 0.6) is 0 Å². The molecule has 0 radical (unpaired) electrons. The normalized spacial score (nSPS) is 13.1. The third-order valence-electron chi connectivity index (χ3n) is 2.90. The summed E-state index contributed by atoms with van der Waals surface area (Å²) in [6.45, 7) is 13.4. The highest BCUT2D eigenvalue weighted by atomic mass is 28.4. The highest BCUT2D eigenvalue weighted by Gasteiger charge is 2.36. The Kier molecular flexibility index (Phi) is 5.97. The van der Waals surface area contributed by atoms with E-state index in [9.17, 15) is 4.79 Å². The van der Waals surface area contributed by atoms with E-state index in [1.54, 1.807) is 0 Å². The largest absolute Gasteiger partial charge is 0.462 e. The molecule has 0 spiro atoms. The lowest BCUT2D eigenvalue weighted by Gasteiger charge is -2.35. The van der Waals surface area contributed by atoms with Crippen LogP contribution in [0.25, 0.3) is 0 Å². The number of esters is 1. The first-order chi connectivity index (χ1) is 7.17. The number of carbonyl (C=O) groups is 1. The molecular weight excluding hydrogens is 220 g/mol. The second kappa shape index (κ2) is 6.20.